The van der Waals surface area contributed by atoms with Crippen LogP contribution in [-0.2, 0) is 17.6 Å². The van der Waals surface area contributed by atoms with E-state index < -0.39 is 0 Å². The van der Waals surface area contributed by atoms with Crippen molar-refractivity contribution in [1.82, 2.24) is 20.1 Å². The summed E-state index contributed by atoms with van der Waals surface area (Å²) in [6.07, 6.45) is 0.850. The molecule has 1 aliphatic rings. The fourth-order valence-electron chi connectivity index (χ4n) is 3.24. The van der Waals surface area contributed by atoms with Gasteiger partial charge in [0.05, 0.1) is 26.3 Å². The zero-order chi connectivity index (χ0) is 22.2. The quantitative estimate of drug-likeness (QED) is 0.641. The number of aromatic nitrogens is 1. The Kier molecular flexibility index (Phi) is 8.07. The van der Waals surface area contributed by atoms with E-state index in [1.54, 1.807) is 24.5 Å². The second kappa shape index (κ2) is 11.0. The molecule has 1 aromatic carbocycles. The lowest BCUT2D eigenvalue weighted by Gasteiger charge is -2.32. The zero-order valence-corrected chi connectivity index (χ0v) is 19.0. The van der Waals surface area contributed by atoms with Gasteiger partial charge in [0.15, 0.2) is 16.6 Å². The summed E-state index contributed by atoms with van der Waals surface area (Å²) in [6.45, 7) is 3.62. The van der Waals surface area contributed by atoms with Gasteiger partial charge in [0.25, 0.3) is 0 Å². The second-order valence-corrected chi connectivity index (χ2v) is 8.19. The first-order valence-corrected chi connectivity index (χ1v) is 11.0. The topological polar surface area (TPSA) is 96.0 Å². The van der Waals surface area contributed by atoms with Crippen molar-refractivity contribution in [2.45, 2.75) is 12.8 Å². The van der Waals surface area contributed by atoms with Gasteiger partial charge < -0.3 is 24.6 Å². The normalized spacial score (nSPS) is 14.2. The van der Waals surface area contributed by atoms with Crippen LogP contribution in [0.1, 0.15) is 11.3 Å². The second-order valence-electron chi connectivity index (χ2n) is 7.33. The zero-order valence-electron chi connectivity index (χ0n) is 18.1. The lowest BCUT2D eigenvalue weighted by atomic mass is 10.1. The molecule has 0 atom stereocenters. The molecule has 9 nitrogen and oxygen atoms in total. The van der Waals surface area contributed by atoms with E-state index in [0.717, 1.165) is 18.7 Å². The van der Waals surface area contributed by atoms with Crippen LogP contribution in [0, 0.1) is 0 Å². The molecule has 1 saturated heterocycles. The average Bonchev–Trinajstić information content (AvgIpc) is 3.20. The van der Waals surface area contributed by atoms with Gasteiger partial charge in [-0.25, -0.2) is 9.78 Å². The Morgan fingerprint density at radius 2 is 1.87 bits per heavy atom. The van der Waals surface area contributed by atoms with Crippen molar-refractivity contribution in [3.8, 4) is 11.5 Å². The minimum absolute atomic E-state index is 0.109. The summed E-state index contributed by atoms with van der Waals surface area (Å²) >= 11 is 1.33. The van der Waals surface area contributed by atoms with Gasteiger partial charge in [-0.05, 0) is 31.2 Å². The Bertz CT molecular complexity index is 896. The van der Waals surface area contributed by atoms with Crippen LogP contribution in [0.15, 0.2) is 23.6 Å². The van der Waals surface area contributed by atoms with E-state index in [2.05, 4.69) is 20.5 Å². The number of ether oxygens (including phenoxy) is 2. The number of carbonyl (C=O) groups is 2. The third-order valence-electron chi connectivity index (χ3n) is 5.08. The summed E-state index contributed by atoms with van der Waals surface area (Å²) in [4.78, 5) is 32.9. The molecule has 2 aromatic rings. The molecule has 2 N–H and O–H groups in total. The molecule has 3 rings (SSSR count). The van der Waals surface area contributed by atoms with Gasteiger partial charge in [0, 0.05) is 38.1 Å². The van der Waals surface area contributed by atoms with Crippen molar-refractivity contribution in [2.24, 2.45) is 0 Å². The van der Waals surface area contributed by atoms with Crippen LogP contribution in [0.4, 0.5) is 9.93 Å². The van der Waals surface area contributed by atoms with Gasteiger partial charge >= 0.3 is 6.03 Å². The Balaban J connectivity index is 1.42. The highest BCUT2D eigenvalue weighted by molar-refractivity contribution is 7.13. The van der Waals surface area contributed by atoms with Crippen molar-refractivity contribution in [1.29, 1.82) is 0 Å². The van der Waals surface area contributed by atoms with Crippen LogP contribution in [0.25, 0.3) is 0 Å². The van der Waals surface area contributed by atoms with Gasteiger partial charge in [-0.1, -0.05) is 6.07 Å². The molecule has 1 fully saturated rings. The minimum atomic E-state index is -0.145. The number of nitrogens with one attached hydrogen (secondary N) is 2. The summed E-state index contributed by atoms with van der Waals surface area (Å²) < 4.78 is 10.5. The first-order valence-electron chi connectivity index (χ1n) is 10.1. The number of piperazine rings is 1. The Morgan fingerprint density at radius 3 is 2.58 bits per heavy atom. The van der Waals surface area contributed by atoms with Crippen LogP contribution in [-0.4, -0.2) is 80.7 Å². The largest absolute Gasteiger partial charge is 0.493 e. The lowest BCUT2D eigenvalue weighted by molar-refractivity contribution is -0.120. The number of urea groups is 1. The fraction of sp³-hybridized carbons (Fsp3) is 0.476. The maximum absolute atomic E-state index is 12.3. The van der Waals surface area contributed by atoms with E-state index in [4.69, 9.17) is 9.47 Å². The molecule has 10 heteroatoms. The lowest BCUT2D eigenvalue weighted by Crippen LogP contribution is -2.48. The van der Waals surface area contributed by atoms with Crippen LogP contribution >= 0.6 is 11.3 Å². The van der Waals surface area contributed by atoms with Gasteiger partial charge in [0.2, 0.25) is 5.91 Å². The molecule has 0 radical (unpaired) electrons. The van der Waals surface area contributed by atoms with E-state index in [9.17, 15) is 9.59 Å². The number of methoxy groups -OCH3 is 2. The minimum Gasteiger partial charge on any atom is -0.493 e. The number of hydrogen-bond donors (Lipinski definition) is 2. The maximum atomic E-state index is 12.3. The van der Waals surface area contributed by atoms with Gasteiger partial charge in [0.1, 0.15) is 0 Å². The number of benzene rings is 1. The molecule has 168 valence electrons. The predicted molar refractivity (Wildman–Crippen MR) is 120 cm³/mol. The van der Waals surface area contributed by atoms with Crippen LogP contribution in [0.2, 0.25) is 0 Å². The molecule has 2 heterocycles. The molecule has 0 bridgehead atoms. The highest BCUT2D eigenvalue weighted by Crippen LogP contribution is 2.27. The molecule has 31 heavy (non-hydrogen) atoms. The molecular formula is C21H29N5O4S. The summed E-state index contributed by atoms with van der Waals surface area (Å²) in [5.74, 6) is 1.23. The highest BCUT2D eigenvalue weighted by Gasteiger charge is 2.20. The number of carbonyl (C=O) groups excluding carboxylic acids is 2. The molecule has 0 unspecified atom stereocenters. The highest BCUT2D eigenvalue weighted by atomic mass is 32.1. The summed E-state index contributed by atoms with van der Waals surface area (Å²) in [5, 5.41) is 8.04. The Morgan fingerprint density at radius 1 is 1.13 bits per heavy atom. The van der Waals surface area contributed by atoms with E-state index >= 15 is 0 Å². The summed E-state index contributed by atoms with van der Waals surface area (Å²) in [6, 6.07) is 5.56. The third-order valence-corrected chi connectivity index (χ3v) is 5.89. The molecular weight excluding hydrogens is 418 g/mol. The number of anilines is 1. The van der Waals surface area contributed by atoms with Crippen molar-refractivity contribution in [3.63, 3.8) is 0 Å². The predicted octanol–water partition coefficient (Wildman–Crippen LogP) is 1.84. The first kappa shape index (κ1) is 22.8. The van der Waals surface area contributed by atoms with Crippen molar-refractivity contribution >= 4 is 28.4 Å². The van der Waals surface area contributed by atoms with E-state index in [1.807, 2.05) is 25.2 Å². The first-order chi connectivity index (χ1) is 15.0. The molecule has 0 saturated carbocycles. The number of nitrogens with zero attached hydrogens (tertiary/aromatic N) is 3. The molecule has 1 aromatic heterocycles. The molecule has 3 amide bonds. The van der Waals surface area contributed by atoms with E-state index in [-0.39, 0.29) is 18.4 Å². The number of amides is 3. The van der Waals surface area contributed by atoms with Crippen LogP contribution in [0.3, 0.4) is 0 Å². The van der Waals surface area contributed by atoms with Crippen molar-refractivity contribution in [3.05, 3.63) is 34.8 Å². The Hall–Kier alpha value is -2.85. The maximum Gasteiger partial charge on any atom is 0.323 e. The Labute approximate surface area is 186 Å². The van der Waals surface area contributed by atoms with Gasteiger partial charge in [-0.15, -0.1) is 11.3 Å². The van der Waals surface area contributed by atoms with Gasteiger partial charge in [-0.2, -0.15) is 0 Å². The van der Waals surface area contributed by atoms with Crippen LogP contribution in [0.5, 0.6) is 11.5 Å². The van der Waals surface area contributed by atoms with Crippen molar-refractivity contribution in [2.75, 3.05) is 59.3 Å². The standard InChI is InChI=1S/C21H29N5O4S/c1-25-8-10-26(11-9-25)21(28)24-20-23-16(14-31-20)13-19(27)22-7-6-15-4-5-17(29-2)18(12-15)30-3/h4-5,12,14H,6-11,13H2,1-3H3,(H,22,27)(H,23,24,28). The molecule has 0 aliphatic carbocycles. The fourth-order valence-corrected chi connectivity index (χ4v) is 3.93. The molecule has 1 aliphatic heterocycles. The number of rotatable bonds is 8. The van der Waals surface area contributed by atoms with E-state index in [1.165, 1.54) is 11.3 Å². The number of hydrogen-bond acceptors (Lipinski definition) is 7. The summed E-state index contributed by atoms with van der Waals surface area (Å²) in [7, 11) is 5.24. The monoisotopic (exact) mass is 447 g/mol. The van der Waals surface area contributed by atoms with E-state index in [0.29, 0.717) is 48.4 Å². The third kappa shape index (κ3) is 6.56. The number of likely N-dealkylation sites (N-methyl/N-ethyl adjacent to an activating group) is 1. The smallest absolute Gasteiger partial charge is 0.323 e. The summed E-state index contributed by atoms with van der Waals surface area (Å²) in [5.41, 5.74) is 1.68. The number of thiazole rings is 1. The van der Waals surface area contributed by atoms with Crippen LogP contribution < -0.4 is 20.1 Å². The van der Waals surface area contributed by atoms with Gasteiger partial charge in [-0.3, -0.25) is 10.1 Å². The SMILES string of the molecule is COc1ccc(CCNC(=O)Cc2csc(NC(=O)N3CCN(C)CC3)n2)cc1OC. The average molecular weight is 448 g/mol. The molecule has 0 spiro atoms. The van der Waals surface area contributed by atoms with Crippen molar-refractivity contribution < 1.29 is 19.1 Å².